The molecular weight excluding hydrogens is 575 g/mol. The summed E-state index contributed by atoms with van der Waals surface area (Å²) in [7, 11) is 1.75. The molecule has 0 radical (unpaired) electrons. The van der Waals surface area contributed by atoms with Crippen LogP contribution in [0.15, 0.2) is 36.1 Å². The van der Waals surface area contributed by atoms with Crippen LogP contribution in [0.25, 0.3) is 10.6 Å². The van der Waals surface area contributed by atoms with Gasteiger partial charge in [-0.05, 0) is 45.2 Å². The summed E-state index contributed by atoms with van der Waals surface area (Å²) in [5.74, 6) is 0.439. The Balaban J connectivity index is 1.19. The molecule has 0 saturated heterocycles. The second-order valence-corrected chi connectivity index (χ2v) is 11.9. The van der Waals surface area contributed by atoms with Crippen LogP contribution in [0.2, 0.25) is 0 Å². The zero-order valence-corrected chi connectivity index (χ0v) is 24.2. The largest absolute Gasteiger partial charge is 0.473 e. The van der Waals surface area contributed by atoms with E-state index in [-0.39, 0.29) is 23.9 Å². The Bertz CT molecular complexity index is 1490. The van der Waals surface area contributed by atoms with Crippen molar-refractivity contribution in [2.75, 3.05) is 12.4 Å². The maximum atomic E-state index is 13.3. The van der Waals surface area contributed by atoms with Crippen LogP contribution in [0.4, 0.5) is 24.1 Å². The SMILES string of the molecule is Cc1nc(C)c(-c2csc(Nc3ccc(C(=O)N(C)[C@H]4CCCC[C@H](Oc5cnc(C(F)(F)F)cn5)C4)cn3)n2)s1. The number of nitrogens with one attached hydrogen (secondary N) is 1. The average Bonchev–Trinajstić information content (AvgIpc) is 3.45. The van der Waals surface area contributed by atoms with Crippen molar-refractivity contribution >= 4 is 39.5 Å². The van der Waals surface area contributed by atoms with E-state index in [9.17, 15) is 18.0 Å². The summed E-state index contributed by atoms with van der Waals surface area (Å²) in [5.41, 5.74) is 1.20. The number of carbonyl (C=O) groups is 1. The van der Waals surface area contributed by atoms with Crippen LogP contribution in [-0.4, -0.2) is 54.9 Å². The van der Waals surface area contributed by atoms with E-state index in [0.29, 0.717) is 35.6 Å². The van der Waals surface area contributed by atoms with Crippen LogP contribution in [0, 0.1) is 13.8 Å². The fourth-order valence-electron chi connectivity index (χ4n) is 4.72. The van der Waals surface area contributed by atoms with E-state index in [1.54, 1.807) is 35.4 Å². The van der Waals surface area contributed by atoms with Gasteiger partial charge in [-0.1, -0.05) is 6.42 Å². The summed E-state index contributed by atoms with van der Waals surface area (Å²) in [4.78, 5) is 36.8. The van der Waals surface area contributed by atoms with Crippen LogP contribution in [0.1, 0.15) is 58.9 Å². The van der Waals surface area contributed by atoms with Crippen molar-refractivity contribution in [2.45, 2.75) is 64.3 Å². The molecule has 5 rings (SSSR count). The van der Waals surface area contributed by atoms with Crippen molar-refractivity contribution in [3.63, 3.8) is 0 Å². The summed E-state index contributed by atoms with van der Waals surface area (Å²) >= 11 is 3.07. The van der Waals surface area contributed by atoms with Crippen molar-refractivity contribution in [3.8, 4) is 16.5 Å². The van der Waals surface area contributed by atoms with Crippen molar-refractivity contribution in [2.24, 2.45) is 0 Å². The van der Waals surface area contributed by atoms with E-state index in [0.717, 1.165) is 46.7 Å². The van der Waals surface area contributed by atoms with E-state index >= 15 is 0 Å². The maximum absolute atomic E-state index is 13.3. The third-order valence-electron chi connectivity index (χ3n) is 6.81. The molecule has 1 aliphatic carbocycles. The highest BCUT2D eigenvalue weighted by molar-refractivity contribution is 7.16. The molecule has 0 unspecified atom stereocenters. The van der Waals surface area contributed by atoms with Gasteiger partial charge in [0.05, 0.1) is 39.2 Å². The minimum Gasteiger partial charge on any atom is -0.473 e. The first-order valence-electron chi connectivity index (χ1n) is 13.0. The maximum Gasteiger partial charge on any atom is 0.434 e. The first-order chi connectivity index (χ1) is 19.6. The molecule has 1 fully saturated rings. The highest BCUT2D eigenvalue weighted by Gasteiger charge is 2.33. The van der Waals surface area contributed by atoms with Gasteiger partial charge in [-0.3, -0.25) is 4.79 Å². The zero-order chi connectivity index (χ0) is 29.1. The molecular formula is C27H28F3N7O2S2. The molecule has 4 aromatic rings. The topological polar surface area (TPSA) is 106 Å². The normalized spacial score (nSPS) is 17.6. The second-order valence-electron chi connectivity index (χ2n) is 9.81. The summed E-state index contributed by atoms with van der Waals surface area (Å²) in [6.45, 7) is 3.94. The van der Waals surface area contributed by atoms with Gasteiger partial charge in [-0.25, -0.2) is 24.9 Å². The van der Waals surface area contributed by atoms with Crippen molar-refractivity contribution in [1.29, 1.82) is 0 Å². The number of alkyl halides is 3. The Kier molecular flexibility index (Phi) is 8.50. The molecule has 14 heteroatoms. The Morgan fingerprint density at radius 3 is 2.54 bits per heavy atom. The summed E-state index contributed by atoms with van der Waals surface area (Å²) in [5, 5.41) is 6.85. The monoisotopic (exact) mass is 603 g/mol. The van der Waals surface area contributed by atoms with Crippen LogP contribution in [-0.2, 0) is 6.18 Å². The number of rotatable bonds is 7. The molecule has 2 atom stereocenters. The molecule has 41 heavy (non-hydrogen) atoms. The van der Waals surface area contributed by atoms with Crippen LogP contribution in [0.5, 0.6) is 5.88 Å². The number of aromatic nitrogens is 5. The number of hydrogen-bond acceptors (Lipinski definition) is 10. The quantitative estimate of drug-likeness (QED) is 0.233. The molecule has 0 aliphatic heterocycles. The number of amides is 1. The Labute approximate surface area is 242 Å². The number of pyridine rings is 1. The number of thiazole rings is 2. The molecule has 0 spiro atoms. The van der Waals surface area contributed by atoms with E-state index in [1.165, 1.54) is 17.5 Å². The van der Waals surface area contributed by atoms with Gasteiger partial charge in [0.2, 0.25) is 5.88 Å². The van der Waals surface area contributed by atoms with Crippen molar-refractivity contribution < 1.29 is 22.7 Å². The first kappa shape index (κ1) is 28.9. The second kappa shape index (κ2) is 12.1. The predicted octanol–water partition coefficient (Wildman–Crippen LogP) is 6.68. The van der Waals surface area contributed by atoms with Crippen LogP contribution >= 0.6 is 22.7 Å². The fraction of sp³-hybridized carbons (Fsp3) is 0.407. The number of ether oxygens (including phenoxy) is 1. The van der Waals surface area contributed by atoms with Gasteiger partial charge < -0.3 is 15.0 Å². The first-order valence-corrected chi connectivity index (χ1v) is 14.7. The van der Waals surface area contributed by atoms with E-state index in [2.05, 4.69) is 30.2 Å². The van der Waals surface area contributed by atoms with Gasteiger partial charge in [0.25, 0.3) is 5.91 Å². The molecule has 4 aromatic heterocycles. The number of nitrogens with zero attached hydrogens (tertiary/aromatic N) is 6. The highest BCUT2D eigenvalue weighted by Crippen LogP contribution is 2.33. The van der Waals surface area contributed by atoms with Crippen molar-refractivity contribution in [1.82, 2.24) is 29.8 Å². The lowest BCUT2D eigenvalue weighted by Crippen LogP contribution is -2.39. The van der Waals surface area contributed by atoms with Crippen LogP contribution in [0.3, 0.4) is 0 Å². The van der Waals surface area contributed by atoms with Gasteiger partial charge in [0, 0.05) is 31.1 Å². The molecule has 1 aliphatic rings. The molecule has 4 heterocycles. The molecule has 9 nitrogen and oxygen atoms in total. The van der Waals surface area contributed by atoms with E-state index in [1.807, 2.05) is 19.2 Å². The summed E-state index contributed by atoms with van der Waals surface area (Å²) in [6, 6.07) is 3.36. The number of aryl methyl sites for hydroxylation is 2. The van der Waals surface area contributed by atoms with Crippen molar-refractivity contribution in [3.05, 3.63) is 58.1 Å². The fourth-order valence-corrected chi connectivity index (χ4v) is 6.39. The smallest absolute Gasteiger partial charge is 0.434 e. The Morgan fingerprint density at radius 1 is 1.07 bits per heavy atom. The Morgan fingerprint density at radius 2 is 1.88 bits per heavy atom. The van der Waals surface area contributed by atoms with E-state index in [4.69, 9.17) is 4.74 Å². The molecule has 1 amide bonds. The lowest BCUT2D eigenvalue weighted by Gasteiger charge is -2.29. The van der Waals surface area contributed by atoms with Gasteiger partial charge in [0.15, 0.2) is 10.8 Å². The summed E-state index contributed by atoms with van der Waals surface area (Å²) < 4.78 is 44.2. The highest BCUT2D eigenvalue weighted by atomic mass is 32.1. The third-order valence-corrected chi connectivity index (χ3v) is 8.66. The lowest BCUT2D eigenvalue weighted by molar-refractivity contribution is -0.141. The van der Waals surface area contributed by atoms with Gasteiger partial charge in [-0.2, -0.15) is 13.2 Å². The van der Waals surface area contributed by atoms with Gasteiger partial charge in [0.1, 0.15) is 11.9 Å². The van der Waals surface area contributed by atoms with Gasteiger partial charge >= 0.3 is 6.18 Å². The molecule has 1 N–H and O–H groups in total. The number of halogens is 3. The van der Waals surface area contributed by atoms with Crippen LogP contribution < -0.4 is 10.1 Å². The molecule has 0 aromatic carbocycles. The minimum absolute atomic E-state index is 0.0366. The van der Waals surface area contributed by atoms with Gasteiger partial charge in [-0.15, -0.1) is 22.7 Å². The zero-order valence-electron chi connectivity index (χ0n) is 22.6. The molecule has 1 saturated carbocycles. The Hall–Kier alpha value is -3.65. The molecule has 0 bridgehead atoms. The average molecular weight is 604 g/mol. The number of hydrogen-bond donors (Lipinski definition) is 1. The standard InChI is InChI=1S/C27H28F3N7O2S2/c1-15-24(41-16(2)34-15)20-14-40-26(35-20)36-22-9-8-17(11-32-22)25(38)37(3)18-6-4-5-7-19(10-18)39-23-13-31-21(12-33-23)27(28,29)30/h8-9,11-14,18-19H,4-7,10H2,1-3H3,(H,32,35,36)/t18-,19-/m0/s1. The predicted molar refractivity (Wildman–Crippen MR) is 151 cm³/mol. The third kappa shape index (κ3) is 6.99. The van der Waals surface area contributed by atoms with E-state index < -0.39 is 11.9 Å². The minimum atomic E-state index is -4.56. The lowest BCUT2D eigenvalue weighted by atomic mass is 10.1. The molecule has 216 valence electrons. The summed E-state index contributed by atoms with van der Waals surface area (Å²) in [6.07, 6.45) is 2.15. The number of carbonyl (C=O) groups excluding carboxylic acids is 1. The number of anilines is 2.